The van der Waals surface area contributed by atoms with Gasteiger partial charge in [0.25, 0.3) is 5.91 Å². The third kappa shape index (κ3) is 5.49. The van der Waals surface area contributed by atoms with E-state index in [1.807, 2.05) is 37.4 Å². The number of carbonyl (C=O) groups excluding carboxylic acids is 1. The number of hydrogen-bond donors (Lipinski definition) is 1. The highest BCUT2D eigenvalue weighted by molar-refractivity contribution is 7.87. The van der Waals surface area contributed by atoms with Gasteiger partial charge >= 0.3 is 10.2 Å². The standard InChI is InChI=1S/C31H39FN4O4S/c1-34-15-7-8-21-19-36-27-18-22(31(37)33-41(38,39)35(2)17-16-34)13-14-24(27)29(23-9-3-5-11-26(23)32)30(36)25-10-4-6-12-28(25)40-20-21/h4,6,10,12-14,18,21,23,26H,3,5,7-9,11,15-17,19-20H2,1-2H3,(H,33,37)/t21?,23-,26-/m0/s1. The van der Waals surface area contributed by atoms with Gasteiger partial charge in [-0.05, 0) is 69.1 Å². The lowest BCUT2D eigenvalue weighted by molar-refractivity contribution is 0.0979. The maximum absolute atomic E-state index is 15.7. The molecule has 0 saturated heterocycles. The van der Waals surface area contributed by atoms with E-state index in [2.05, 4.69) is 14.2 Å². The van der Waals surface area contributed by atoms with Gasteiger partial charge in [-0.1, -0.05) is 31.0 Å². The van der Waals surface area contributed by atoms with Crippen LogP contribution in [-0.4, -0.2) is 74.6 Å². The average Bonchev–Trinajstić information content (AvgIpc) is 3.25. The van der Waals surface area contributed by atoms with Crippen LogP contribution in [0, 0.1) is 5.92 Å². The average molecular weight is 583 g/mol. The van der Waals surface area contributed by atoms with Gasteiger partial charge in [-0.2, -0.15) is 12.7 Å². The van der Waals surface area contributed by atoms with E-state index in [0.29, 0.717) is 26.1 Å². The van der Waals surface area contributed by atoms with Crippen molar-refractivity contribution in [3.8, 4) is 17.0 Å². The van der Waals surface area contributed by atoms with E-state index in [4.69, 9.17) is 4.74 Å². The second kappa shape index (κ2) is 11.4. The Morgan fingerprint density at radius 2 is 1.78 bits per heavy atom. The van der Waals surface area contributed by atoms with E-state index < -0.39 is 22.3 Å². The lowest BCUT2D eigenvalue weighted by Crippen LogP contribution is -2.44. The number of fused-ring (bicyclic) bond motifs is 4. The largest absolute Gasteiger partial charge is 0.493 e. The molecule has 10 heteroatoms. The fourth-order valence-electron chi connectivity index (χ4n) is 6.71. The summed E-state index contributed by atoms with van der Waals surface area (Å²) in [6.45, 7) is 2.86. The minimum Gasteiger partial charge on any atom is -0.493 e. The molecule has 1 fully saturated rings. The van der Waals surface area contributed by atoms with Crippen LogP contribution in [-0.2, 0) is 16.8 Å². The molecule has 3 heterocycles. The predicted octanol–water partition coefficient (Wildman–Crippen LogP) is 4.94. The van der Waals surface area contributed by atoms with Crippen molar-refractivity contribution >= 4 is 27.0 Å². The number of halogens is 1. The molecule has 220 valence electrons. The van der Waals surface area contributed by atoms with Crippen LogP contribution in [0.25, 0.3) is 22.2 Å². The van der Waals surface area contributed by atoms with Crippen molar-refractivity contribution in [3.05, 3.63) is 53.6 Å². The summed E-state index contributed by atoms with van der Waals surface area (Å²) < 4.78 is 53.7. The van der Waals surface area contributed by atoms with Gasteiger partial charge in [0, 0.05) is 60.5 Å². The van der Waals surface area contributed by atoms with E-state index in [-0.39, 0.29) is 23.9 Å². The molecule has 3 atom stereocenters. The third-order valence-corrected chi connectivity index (χ3v) is 10.5. The van der Waals surface area contributed by atoms with E-state index in [1.54, 1.807) is 12.1 Å². The van der Waals surface area contributed by atoms with Crippen LogP contribution in [0.3, 0.4) is 0 Å². The van der Waals surface area contributed by atoms with E-state index in [1.165, 1.54) is 11.4 Å². The molecule has 3 aromatic rings. The van der Waals surface area contributed by atoms with Crippen molar-refractivity contribution in [1.82, 2.24) is 18.5 Å². The summed E-state index contributed by atoms with van der Waals surface area (Å²) in [5, 5.41) is 0.919. The Bertz CT molecular complexity index is 1550. The van der Waals surface area contributed by atoms with Gasteiger partial charge in [0.2, 0.25) is 0 Å². The van der Waals surface area contributed by atoms with Crippen molar-refractivity contribution in [3.63, 3.8) is 0 Å². The van der Waals surface area contributed by atoms with Crippen LogP contribution in [0.1, 0.15) is 60.4 Å². The molecule has 1 amide bonds. The highest BCUT2D eigenvalue weighted by Gasteiger charge is 2.35. The topological polar surface area (TPSA) is 83.9 Å². The first kappa shape index (κ1) is 28.2. The number of hydrogen-bond acceptors (Lipinski definition) is 5. The first-order chi connectivity index (χ1) is 19.7. The molecule has 1 unspecified atom stereocenters. The number of alkyl halides is 1. The van der Waals surface area contributed by atoms with E-state index in [9.17, 15) is 13.2 Å². The molecule has 1 aliphatic carbocycles. The summed E-state index contributed by atoms with van der Waals surface area (Å²) in [5.74, 6) is 0.0561. The molecule has 3 aliphatic rings. The van der Waals surface area contributed by atoms with Gasteiger partial charge in [-0.25, -0.2) is 9.11 Å². The van der Waals surface area contributed by atoms with Gasteiger partial charge in [0.15, 0.2) is 0 Å². The fourth-order valence-corrected chi connectivity index (χ4v) is 7.54. The van der Waals surface area contributed by atoms with Crippen molar-refractivity contribution in [2.24, 2.45) is 5.92 Å². The molecule has 1 aromatic heterocycles. The summed E-state index contributed by atoms with van der Waals surface area (Å²) in [6.07, 6.45) is 4.06. The molecular formula is C31H39FN4O4S. The molecule has 8 nitrogen and oxygen atoms in total. The smallest absolute Gasteiger partial charge is 0.303 e. The van der Waals surface area contributed by atoms with Crippen LogP contribution in [0.4, 0.5) is 4.39 Å². The summed E-state index contributed by atoms with van der Waals surface area (Å²) in [5.41, 5.74) is 3.95. The van der Waals surface area contributed by atoms with Crippen LogP contribution < -0.4 is 9.46 Å². The third-order valence-electron chi connectivity index (χ3n) is 9.06. The van der Waals surface area contributed by atoms with Gasteiger partial charge in [-0.15, -0.1) is 0 Å². The molecule has 2 aromatic carbocycles. The molecule has 0 radical (unpaired) electrons. The number of amides is 1. The number of carbonyl (C=O) groups is 1. The maximum Gasteiger partial charge on any atom is 0.303 e. The number of aromatic nitrogens is 1. The lowest BCUT2D eigenvalue weighted by atomic mass is 9.80. The summed E-state index contributed by atoms with van der Waals surface area (Å²) in [7, 11) is -0.553. The number of likely N-dealkylation sites (N-methyl/N-ethyl adjacent to an activating group) is 2. The number of rotatable bonds is 1. The maximum atomic E-state index is 15.7. The first-order valence-corrected chi connectivity index (χ1v) is 16.2. The van der Waals surface area contributed by atoms with Crippen molar-refractivity contribution in [2.75, 3.05) is 40.3 Å². The first-order valence-electron chi connectivity index (χ1n) is 14.7. The van der Waals surface area contributed by atoms with Crippen LogP contribution in [0.5, 0.6) is 5.75 Å². The van der Waals surface area contributed by atoms with Crippen molar-refractivity contribution < 1.29 is 22.3 Å². The number of nitrogens with zero attached hydrogens (tertiary/aromatic N) is 3. The summed E-state index contributed by atoms with van der Waals surface area (Å²) in [6, 6.07) is 13.3. The molecule has 0 spiro atoms. The zero-order valence-electron chi connectivity index (χ0n) is 23.8. The van der Waals surface area contributed by atoms with Crippen molar-refractivity contribution in [2.45, 2.75) is 57.2 Å². The van der Waals surface area contributed by atoms with Crippen molar-refractivity contribution in [1.29, 1.82) is 0 Å². The Kier molecular flexibility index (Phi) is 7.82. The van der Waals surface area contributed by atoms with Gasteiger partial charge < -0.3 is 14.2 Å². The molecule has 2 aliphatic heterocycles. The zero-order chi connectivity index (χ0) is 28.7. The molecule has 41 heavy (non-hydrogen) atoms. The number of nitrogens with one attached hydrogen (secondary N) is 1. The monoisotopic (exact) mass is 582 g/mol. The normalized spacial score (nSPS) is 26.2. The van der Waals surface area contributed by atoms with Gasteiger partial charge in [-0.3, -0.25) is 4.79 Å². The fraction of sp³-hybridized carbons (Fsp3) is 0.516. The highest BCUT2D eigenvalue weighted by atomic mass is 32.2. The lowest BCUT2D eigenvalue weighted by Gasteiger charge is -2.30. The van der Waals surface area contributed by atoms with E-state index >= 15 is 4.39 Å². The Hall–Kier alpha value is -2.95. The Balaban J connectivity index is 1.57. The Labute approximate surface area is 241 Å². The summed E-state index contributed by atoms with van der Waals surface area (Å²) >= 11 is 0. The van der Waals surface area contributed by atoms with Crippen LogP contribution in [0.2, 0.25) is 0 Å². The number of para-hydroxylation sites is 1. The molecule has 4 bridgehead atoms. The van der Waals surface area contributed by atoms with Gasteiger partial charge in [0.05, 0.1) is 12.3 Å². The quantitative estimate of drug-likeness (QED) is 0.439. The second-order valence-corrected chi connectivity index (χ2v) is 13.7. The summed E-state index contributed by atoms with van der Waals surface area (Å²) in [4.78, 5) is 15.4. The predicted molar refractivity (Wildman–Crippen MR) is 158 cm³/mol. The Morgan fingerprint density at radius 3 is 2.61 bits per heavy atom. The molecule has 1 N–H and O–H groups in total. The molecule has 1 saturated carbocycles. The molecule has 6 rings (SSSR count). The number of benzene rings is 2. The van der Waals surface area contributed by atoms with E-state index in [0.717, 1.165) is 72.1 Å². The SMILES string of the molecule is CN1CCCC2COc3ccccc3-c3c([C@H]4CCCC[C@@H]4F)c4ccc(cc4n3C2)C(=O)NS(=O)(=O)N(C)CC1. The minimum atomic E-state index is -4.01. The second-order valence-electron chi connectivity index (χ2n) is 11.9. The van der Waals surface area contributed by atoms with Crippen LogP contribution in [0.15, 0.2) is 42.5 Å². The zero-order valence-corrected chi connectivity index (χ0v) is 24.6. The Morgan fingerprint density at radius 1 is 0.976 bits per heavy atom. The highest BCUT2D eigenvalue weighted by Crippen LogP contribution is 2.48. The van der Waals surface area contributed by atoms with Crippen LogP contribution >= 0.6 is 0 Å². The number of ether oxygens (including phenoxy) is 1. The van der Waals surface area contributed by atoms with Gasteiger partial charge in [0.1, 0.15) is 11.9 Å². The minimum absolute atomic E-state index is 0.208. The molecular weight excluding hydrogens is 543 g/mol.